The molecule has 12 heterocycles. The number of hydrogen-bond donors (Lipinski definition) is 20. The number of nitrogens with two attached hydrogens (primary N) is 1. The fourth-order valence-electron chi connectivity index (χ4n) is 15.6. The van der Waals surface area contributed by atoms with Gasteiger partial charge in [0.25, 0.3) is 23.6 Å². The predicted molar refractivity (Wildman–Crippen MR) is 547 cm³/mol. The van der Waals surface area contributed by atoms with E-state index in [1.807, 2.05) is 22.6 Å². The summed E-state index contributed by atoms with van der Waals surface area (Å²) in [4.78, 5) is 78.8. The highest BCUT2D eigenvalue weighted by atomic mass is 127. The number of nitrogens with zero attached hydrogens (tertiary/aromatic N) is 6. The normalized spacial score (nSPS) is 33.3. The Labute approximate surface area is 803 Å². The van der Waals surface area contributed by atoms with Crippen LogP contribution in [0.1, 0.15) is 58.8 Å². The van der Waals surface area contributed by atoms with Crippen LogP contribution in [-0.2, 0) is 57.2 Å². The second kappa shape index (κ2) is 48.2. The van der Waals surface area contributed by atoms with Crippen molar-refractivity contribution in [3.8, 4) is 0 Å². The van der Waals surface area contributed by atoms with E-state index in [-0.39, 0.29) is 47.1 Å². The van der Waals surface area contributed by atoms with Crippen molar-refractivity contribution in [2.75, 3.05) is 137 Å². The molecule has 134 heavy (non-hydrogen) atoms. The molecule has 0 aromatic carbocycles. The Kier molecular flexibility index (Phi) is 41.5. The van der Waals surface area contributed by atoms with Crippen molar-refractivity contribution in [2.45, 2.75) is 206 Å². The minimum Gasteiger partial charge on any atom is -0.502 e. The van der Waals surface area contributed by atoms with Crippen LogP contribution in [0.3, 0.4) is 0 Å². The van der Waals surface area contributed by atoms with Crippen LogP contribution in [0, 0.1) is 5.92 Å². The summed E-state index contributed by atoms with van der Waals surface area (Å²) in [6.07, 6.45) is 23.7. The fourth-order valence-corrected chi connectivity index (χ4v) is 21.7. The van der Waals surface area contributed by atoms with Gasteiger partial charge in [0.05, 0.1) is 57.9 Å². The third kappa shape index (κ3) is 32.4. The molecule has 0 aromatic heterocycles. The Morgan fingerprint density at radius 1 is 0.388 bits per heavy atom. The van der Waals surface area contributed by atoms with Crippen molar-refractivity contribution < 1.29 is 124 Å². The van der Waals surface area contributed by atoms with Crippen LogP contribution in [0.5, 0.6) is 0 Å². The molecule has 8 fully saturated rings. The lowest BCUT2D eigenvalue weighted by Gasteiger charge is -2.39. The molecule has 0 bridgehead atoms. The van der Waals surface area contributed by atoms with Crippen LogP contribution >= 0.6 is 63.9 Å². The third-order valence-electron chi connectivity index (χ3n) is 23.5. The first-order valence-electron chi connectivity index (χ1n) is 44.1. The molecule has 21 N–H and O–H groups in total. The van der Waals surface area contributed by atoms with E-state index in [1.165, 1.54) is 9.80 Å². The van der Waals surface area contributed by atoms with E-state index in [4.69, 9.17) is 34.2 Å². The molecule has 0 aliphatic carbocycles. The first-order valence-corrected chi connectivity index (χ1v) is 63.5. The summed E-state index contributed by atoms with van der Waals surface area (Å²) in [6.45, 7) is 45.2. The minimum absolute atomic E-state index is 0.0885. The molecule has 45 heteroatoms. The average Bonchev–Trinajstić information content (AvgIpc) is 1.65. The molecule has 12 aliphatic heterocycles. The maximum absolute atomic E-state index is 12.0. The van der Waals surface area contributed by atoms with Crippen molar-refractivity contribution in [3.05, 3.63) is 132 Å². The van der Waals surface area contributed by atoms with Gasteiger partial charge in [0.1, 0.15) is 108 Å². The fraction of sp³-hybridized carbons (Fsp3) is 0.618. The van der Waals surface area contributed by atoms with Crippen molar-refractivity contribution in [3.63, 3.8) is 0 Å². The number of aliphatic hydroxyl groups is 13. The van der Waals surface area contributed by atoms with Gasteiger partial charge in [0.2, 0.25) is 11.8 Å². The van der Waals surface area contributed by atoms with Gasteiger partial charge in [-0.25, -0.2) is 0 Å². The van der Waals surface area contributed by atoms with Crippen LogP contribution in [0.2, 0.25) is 0 Å². The molecule has 0 saturated carbocycles. The summed E-state index contributed by atoms with van der Waals surface area (Å²) >= 11 is 1.90. The van der Waals surface area contributed by atoms with Gasteiger partial charge in [-0.3, -0.25) is 28.8 Å². The van der Waals surface area contributed by atoms with Crippen LogP contribution < -0.4 is 37.6 Å². The van der Waals surface area contributed by atoms with E-state index in [1.54, 1.807) is 64.2 Å². The molecule has 1 unspecified atom stereocenters. The van der Waals surface area contributed by atoms with Gasteiger partial charge < -0.3 is 162 Å². The zero-order valence-corrected chi connectivity index (χ0v) is 87.3. The summed E-state index contributed by atoms with van der Waals surface area (Å²) in [7, 11) is 0. The lowest BCUT2D eigenvalue weighted by atomic mass is 10.1. The maximum Gasteiger partial charge on any atom is 0.293 e. The number of carbonyl (C=O) groups is 6. The minimum atomic E-state index is -1.26. The topological polar surface area (TPSA) is 538 Å². The Morgan fingerprint density at radius 2 is 0.672 bits per heavy atom. The molecule has 38 nitrogen and oxygen atoms in total. The highest BCUT2D eigenvalue weighted by Gasteiger charge is 2.53. The van der Waals surface area contributed by atoms with Gasteiger partial charge in [-0.05, 0) is 185 Å². The molecule has 8 saturated heterocycles. The van der Waals surface area contributed by atoms with Gasteiger partial charge in [-0.15, -0.1) is 79.1 Å². The lowest BCUT2D eigenvalue weighted by Crippen LogP contribution is -2.54. The van der Waals surface area contributed by atoms with Crippen molar-refractivity contribution in [2.24, 2.45) is 11.7 Å². The zero-order valence-electron chi connectivity index (χ0n) is 79.7. The van der Waals surface area contributed by atoms with Crippen molar-refractivity contribution in [1.82, 2.24) is 61.3 Å². The van der Waals surface area contributed by atoms with E-state index >= 15 is 0 Å². The second-order valence-electron chi connectivity index (χ2n) is 39.7. The second-order valence-corrected chi connectivity index (χ2v) is 66.7. The van der Waals surface area contributed by atoms with E-state index in [0.717, 1.165) is 43.2 Å². The van der Waals surface area contributed by atoms with Gasteiger partial charge in [-0.2, -0.15) is 0 Å². The molecule has 0 aromatic rings. The van der Waals surface area contributed by atoms with E-state index in [0.29, 0.717) is 103 Å². The first-order chi connectivity index (χ1) is 61.7. The predicted octanol–water partition coefficient (Wildman–Crippen LogP) is 0.617. The molecule has 12 rings (SSSR count). The largest absolute Gasteiger partial charge is 0.502 e. The van der Waals surface area contributed by atoms with Crippen LogP contribution in [0.4, 0.5) is 0 Å². The summed E-state index contributed by atoms with van der Waals surface area (Å²) in [5, 5.41) is 148. The first kappa shape index (κ1) is 115. The Morgan fingerprint density at radius 3 is 1.01 bits per heavy atom. The number of hydrogen-bond acceptors (Lipinski definition) is 32. The highest BCUT2D eigenvalue weighted by molar-refractivity contribution is 14.1. The van der Waals surface area contributed by atoms with E-state index in [9.17, 15) is 95.2 Å². The SMILES string of the molecule is C=C1NC(=O)C(/C=C/CN)=CN1[C@@H]1O[C@H](CCP(=C)(C)C)[C@@H](O)[C@H]1O.C=C1NC(=O)C(C)=CN1[C@@H]1O[C@H](CCP(=C)(C)C)[C@@H](O)[C@H]1O.C=C1NC(=O)C(C)CN1[C@@H]1O[C@H](CCP(=C)(C)C)[C@@H](O)[C@H]1O.C=C1NC(=O)C(I)=CN1[C@@H]1O[C@H](CCP(=C)(C)C)[C@@H](O)[C@H]1O.C=C1NC(=O)C(O)=CN1[C@@H]1O[C@H](CCP(=C)(C)C)[C@@H](O)[C@H]1O.C=C1NC(=O)CCN1[C@@H]1O[C@H](CCP(=C)(C)C)[C@@H](O)[C@H]1O. The standard InChI is InChI=1S/C17H28N3O4P.C15H27N2O4P.C15H25N2O4P.C14H22IN2O4P.C14H23N2O5P.C14H25N2O4P/c1-11-19-16(23)12(6-5-8-18)10-20(11)17-15(22)14(21)13(24-17)7-9-25(2,3)4;2*1-9-8-17(10(2)16-14(9)20)15-13(19)12(18)11(21-15)6-7-22(3,4)5;1-8-16-13(20)9(15)7-17(8)14-12(19)11(18)10(21-14)5-6-22(2,3)4;1-8-15-13(20)9(17)7-16(8)14-12(19)11(18)10(21-14)5-6-22(2,3)4;1-9-15-11(17)5-7-16(9)14-13(19)12(18)10(20-14)6-8-21(2,3)4/h5-6,10,13-15,17,21-22H,1-2,7-9,18H2,3-4H3,(H,19,23);9,11-13,15,18-19H,2-3,6-8H2,1,4-5H3,(H,16,20);8,11-13,15,18-19H,2-3,6-7H2,1,4-5H3,(H,16,20);7,10-12,14,18-19H,1-2,5-6H2,3-4H3,(H,16,20);7,10-12,14,17-19H,1-2,5-6H2,3-4H3,(H,15,20);10,12-14,18-19H,1-2,5-8H2,3-4H3,(H,15,17)/b6-5+;;;;;/t13-,14-,15-,17-;9?,11-,12-,13-,15-;11-,12-,13-,15-;2*10-,11-,12-,14-;10-,12-,13-,14-/m111111/s1. The summed E-state index contributed by atoms with van der Waals surface area (Å²) in [5.74, 6) is -0.422. The van der Waals surface area contributed by atoms with Crippen molar-refractivity contribution >= 4 is 137 Å². The Hall–Kier alpha value is -5.67. The molecule has 6 amide bonds. The van der Waals surface area contributed by atoms with Gasteiger partial charge >= 0.3 is 0 Å². The monoisotopic (exact) mass is 2110 g/mol. The summed E-state index contributed by atoms with van der Waals surface area (Å²) in [5.41, 5.74) is 6.29. The van der Waals surface area contributed by atoms with Gasteiger partial charge in [0, 0.05) is 50.2 Å². The number of rotatable bonds is 26. The average molecular weight is 2110 g/mol. The molecular formula is C89H150IN13O25P6. The van der Waals surface area contributed by atoms with Crippen LogP contribution in [0.25, 0.3) is 0 Å². The number of carbonyl (C=O) groups excluding carboxylic acids is 6. The zero-order chi connectivity index (χ0) is 101. The molecule has 0 radical (unpaired) electrons. The molecule has 25 atom stereocenters. The quantitative estimate of drug-likeness (QED) is 0.0417. The number of aliphatic hydroxyl groups excluding tert-OH is 13. The Bertz CT molecular complexity index is 4550. The molecular weight excluding hydrogens is 1960 g/mol. The molecule has 758 valence electrons. The number of nitrogens with one attached hydrogen (secondary N) is 6. The molecule has 0 spiro atoms. The molecule has 12 aliphatic rings. The van der Waals surface area contributed by atoms with Crippen molar-refractivity contribution in [1.29, 1.82) is 0 Å². The van der Waals surface area contributed by atoms with Gasteiger partial charge in [0.15, 0.2) is 43.1 Å². The van der Waals surface area contributed by atoms with Crippen LogP contribution in [-0.4, -0.2) is 453 Å². The smallest absolute Gasteiger partial charge is 0.293 e. The number of halogens is 1. The van der Waals surface area contributed by atoms with Crippen LogP contribution in [0.15, 0.2) is 132 Å². The third-order valence-corrected chi connectivity index (χ3v) is 33.1. The highest BCUT2D eigenvalue weighted by Crippen LogP contribution is 2.46. The number of amides is 6. The number of ether oxygens (including phenoxy) is 6. The summed E-state index contributed by atoms with van der Waals surface area (Å²) < 4.78 is 35.4. The van der Waals surface area contributed by atoms with Gasteiger partial charge in [-0.1, -0.05) is 58.5 Å². The summed E-state index contributed by atoms with van der Waals surface area (Å²) in [6, 6.07) is 0. The lowest BCUT2D eigenvalue weighted by molar-refractivity contribution is -0.133. The Balaban J connectivity index is 0.000000220. The van der Waals surface area contributed by atoms with E-state index in [2.05, 4.69) is 189 Å². The maximum atomic E-state index is 12.0. The van der Waals surface area contributed by atoms with E-state index < -0.39 is 200 Å².